The van der Waals surface area contributed by atoms with Gasteiger partial charge in [0.25, 0.3) is 0 Å². The fourth-order valence-corrected chi connectivity index (χ4v) is 2.56. The molecule has 0 radical (unpaired) electrons. The molecule has 0 heterocycles. The molecule has 0 bridgehead atoms. The predicted octanol–water partition coefficient (Wildman–Crippen LogP) is 4.31. The van der Waals surface area contributed by atoms with Gasteiger partial charge in [0.2, 0.25) is 0 Å². The molecule has 0 unspecified atom stereocenters. The summed E-state index contributed by atoms with van der Waals surface area (Å²) in [6, 6.07) is 6.44. The minimum atomic E-state index is 0.775. The highest BCUT2D eigenvalue weighted by atomic mass is 35.5. The molecule has 13 heavy (non-hydrogen) atoms. The molecule has 2 rings (SSSR count). The zero-order valence-electron chi connectivity index (χ0n) is 8.02. The van der Waals surface area contributed by atoms with E-state index in [0.29, 0.717) is 0 Å². The number of hydrogen-bond acceptors (Lipinski definition) is 0. The molecule has 1 aliphatic carbocycles. The van der Waals surface area contributed by atoms with Crippen molar-refractivity contribution in [3.8, 4) is 0 Å². The molecule has 70 valence electrons. The Kier molecular flexibility index (Phi) is 2.59. The summed E-state index contributed by atoms with van der Waals surface area (Å²) >= 11 is 6.03. The van der Waals surface area contributed by atoms with Crippen LogP contribution < -0.4 is 0 Å². The molecule has 1 heteroatoms. The summed E-state index contributed by atoms with van der Waals surface area (Å²) in [6.45, 7) is 2.12. The lowest BCUT2D eigenvalue weighted by Gasteiger charge is -2.10. The van der Waals surface area contributed by atoms with Crippen LogP contribution in [0.15, 0.2) is 18.2 Å². The molecular weight excluding hydrogens is 180 g/mol. The fourth-order valence-electron chi connectivity index (χ4n) is 2.26. The van der Waals surface area contributed by atoms with Gasteiger partial charge in [0.05, 0.1) is 0 Å². The van der Waals surface area contributed by atoms with Gasteiger partial charge in [-0.1, -0.05) is 30.5 Å². The molecular formula is C12H15Cl. The van der Waals surface area contributed by atoms with Crippen LogP contribution in [0.5, 0.6) is 0 Å². The summed E-state index contributed by atoms with van der Waals surface area (Å²) in [5.41, 5.74) is 2.73. The van der Waals surface area contributed by atoms with Crippen LogP contribution in [0.25, 0.3) is 0 Å². The van der Waals surface area contributed by atoms with Crippen molar-refractivity contribution in [1.29, 1.82) is 0 Å². The molecule has 0 aromatic heterocycles. The van der Waals surface area contributed by atoms with Crippen LogP contribution in [0.3, 0.4) is 0 Å². The van der Waals surface area contributed by atoms with Crippen LogP contribution in [0.4, 0.5) is 0 Å². The Balaban J connectivity index is 2.28. The Labute approximate surface area is 84.9 Å². The van der Waals surface area contributed by atoms with Crippen LogP contribution >= 0.6 is 11.6 Å². The summed E-state index contributed by atoms with van der Waals surface area (Å²) in [4.78, 5) is 0. The lowest BCUT2D eigenvalue weighted by atomic mass is 9.96. The second kappa shape index (κ2) is 3.71. The minimum absolute atomic E-state index is 0.775. The Morgan fingerprint density at radius 1 is 1.15 bits per heavy atom. The SMILES string of the molecule is Cc1cc(Cl)cc(C2CCCC2)c1. The second-order valence-electron chi connectivity index (χ2n) is 4.04. The number of hydrogen-bond donors (Lipinski definition) is 0. The van der Waals surface area contributed by atoms with Gasteiger partial charge in [-0.25, -0.2) is 0 Å². The van der Waals surface area contributed by atoms with Crippen molar-refractivity contribution in [3.63, 3.8) is 0 Å². The third-order valence-corrected chi connectivity index (χ3v) is 3.11. The first-order chi connectivity index (χ1) is 6.25. The van der Waals surface area contributed by atoms with Crippen LogP contribution in [0, 0.1) is 6.92 Å². The minimum Gasteiger partial charge on any atom is -0.0843 e. The van der Waals surface area contributed by atoms with Gasteiger partial charge in [-0.3, -0.25) is 0 Å². The molecule has 0 saturated heterocycles. The van der Waals surface area contributed by atoms with Crippen LogP contribution in [-0.4, -0.2) is 0 Å². The Hall–Kier alpha value is -0.490. The van der Waals surface area contributed by atoms with E-state index in [0.717, 1.165) is 10.9 Å². The number of halogens is 1. The molecule has 0 spiro atoms. The van der Waals surface area contributed by atoms with Crippen LogP contribution in [0.2, 0.25) is 5.02 Å². The third kappa shape index (κ3) is 2.05. The summed E-state index contributed by atoms with van der Waals surface area (Å²) < 4.78 is 0. The van der Waals surface area contributed by atoms with E-state index >= 15 is 0 Å². The summed E-state index contributed by atoms with van der Waals surface area (Å²) in [7, 11) is 0. The highest BCUT2D eigenvalue weighted by molar-refractivity contribution is 6.30. The van der Waals surface area contributed by atoms with Crippen LogP contribution in [0.1, 0.15) is 42.7 Å². The van der Waals surface area contributed by atoms with Gasteiger partial charge >= 0.3 is 0 Å². The number of aryl methyl sites for hydroxylation is 1. The van der Waals surface area contributed by atoms with Gasteiger partial charge in [-0.05, 0) is 48.9 Å². The maximum Gasteiger partial charge on any atom is 0.0411 e. The highest BCUT2D eigenvalue weighted by Crippen LogP contribution is 2.35. The van der Waals surface area contributed by atoms with Crippen molar-refractivity contribution in [1.82, 2.24) is 0 Å². The first-order valence-electron chi connectivity index (χ1n) is 5.03. The second-order valence-corrected chi connectivity index (χ2v) is 4.48. The third-order valence-electron chi connectivity index (χ3n) is 2.89. The van der Waals surface area contributed by atoms with Gasteiger partial charge in [-0.15, -0.1) is 0 Å². The van der Waals surface area contributed by atoms with Gasteiger partial charge in [0.1, 0.15) is 0 Å². The monoisotopic (exact) mass is 194 g/mol. The molecule has 0 atom stereocenters. The summed E-state index contributed by atoms with van der Waals surface area (Å²) in [6.07, 6.45) is 5.46. The van der Waals surface area contributed by atoms with E-state index in [2.05, 4.69) is 19.1 Å². The van der Waals surface area contributed by atoms with Crippen molar-refractivity contribution < 1.29 is 0 Å². The highest BCUT2D eigenvalue weighted by Gasteiger charge is 2.17. The van der Waals surface area contributed by atoms with E-state index in [-0.39, 0.29) is 0 Å². The van der Waals surface area contributed by atoms with Crippen molar-refractivity contribution in [3.05, 3.63) is 34.3 Å². The first kappa shape index (κ1) is 9.08. The number of benzene rings is 1. The molecule has 0 amide bonds. The predicted molar refractivity (Wildman–Crippen MR) is 57.4 cm³/mol. The van der Waals surface area contributed by atoms with Gasteiger partial charge in [0, 0.05) is 5.02 Å². The topological polar surface area (TPSA) is 0 Å². The molecule has 1 fully saturated rings. The Morgan fingerprint density at radius 2 is 1.85 bits per heavy atom. The lowest BCUT2D eigenvalue weighted by molar-refractivity contribution is 0.722. The quantitative estimate of drug-likeness (QED) is 0.625. The van der Waals surface area contributed by atoms with E-state index in [9.17, 15) is 0 Å². The van der Waals surface area contributed by atoms with Gasteiger partial charge in [0.15, 0.2) is 0 Å². The van der Waals surface area contributed by atoms with E-state index < -0.39 is 0 Å². The van der Waals surface area contributed by atoms with Crippen molar-refractivity contribution >= 4 is 11.6 Å². The summed E-state index contributed by atoms with van der Waals surface area (Å²) in [5, 5.41) is 0.891. The standard InChI is InChI=1S/C12H15Cl/c1-9-6-11(8-12(13)7-9)10-4-2-3-5-10/h6-8,10H,2-5H2,1H3. The molecule has 0 aliphatic heterocycles. The van der Waals surface area contributed by atoms with E-state index in [1.165, 1.54) is 36.8 Å². The smallest absolute Gasteiger partial charge is 0.0411 e. The van der Waals surface area contributed by atoms with Gasteiger partial charge in [-0.2, -0.15) is 0 Å². The van der Waals surface area contributed by atoms with Crippen molar-refractivity contribution in [2.45, 2.75) is 38.5 Å². The number of rotatable bonds is 1. The normalized spacial score (nSPS) is 18.0. The zero-order valence-corrected chi connectivity index (χ0v) is 8.77. The zero-order chi connectivity index (χ0) is 9.26. The molecule has 1 saturated carbocycles. The Bertz CT molecular complexity index is 278. The average Bonchev–Trinajstić information content (AvgIpc) is 2.53. The van der Waals surface area contributed by atoms with E-state index in [4.69, 9.17) is 11.6 Å². The molecule has 1 aromatic rings. The maximum absolute atomic E-state index is 6.03. The van der Waals surface area contributed by atoms with Crippen molar-refractivity contribution in [2.75, 3.05) is 0 Å². The maximum atomic E-state index is 6.03. The molecule has 1 aliphatic rings. The lowest BCUT2D eigenvalue weighted by Crippen LogP contribution is -1.92. The molecule has 0 N–H and O–H groups in total. The fraction of sp³-hybridized carbons (Fsp3) is 0.500. The average molecular weight is 195 g/mol. The largest absolute Gasteiger partial charge is 0.0843 e. The van der Waals surface area contributed by atoms with Gasteiger partial charge < -0.3 is 0 Å². The van der Waals surface area contributed by atoms with E-state index in [1.54, 1.807) is 0 Å². The first-order valence-corrected chi connectivity index (χ1v) is 5.40. The summed E-state index contributed by atoms with van der Waals surface area (Å²) in [5.74, 6) is 0.775. The van der Waals surface area contributed by atoms with Crippen LogP contribution in [-0.2, 0) is 0 Å². The van der Waals surface area contributed by atoms with E-state index in [1.807, 2.05) is 6.07 Å². The molecule has 0 nitrogen and oxygen atoms in total. The van der Waals surface area contributed by atoms with Crippen molar-refractivity contribution in [2.24, 2.45) is 0 Å². The Morgan fingerprint density at radius 3 is 2.46 bits per heavy atom. The molecule has 1 aromatic carbocycles.